The number of aryl methyl sites for hydroxylation is 3. The van der Waals surface area contributed by atoms with Crippen LogP contribution >= 0.6 is 0 Å². The maximum atomic E-state index is 13.1. The zero-order valence-corrected chi connectivity index (χ0v) is 19.7. The van der Waals surface area contributed by atoms with Crippen molar-refractivity contribution < 1.29 is 13.2 Å². The first-order valence-corrected chi connectivity index (χ1v) is 12.2. The van der Waals surface area contributed by atoms with Gasteiger partial charge in [-0.3, -0.25) is 4.79 Å². The molecule has 0 fully saturated rings. The molecule has 1 heterocycles. The van der Waals surface area contributed by atoms with Gasteiger partial charge in [0.05, 0.1) is 4.90 Å². The second-order valence-corrected chi connectivity index (χ2v) is 10.3. The van der Waals surface area contributed by atoms with E-state index in [4.69, 9.17) is 0 Å². The summed E-state index contributed by atoms with van der Waals surface area (Å²) in [6.45, 7) is 7.88. The van der Waals surface area contributed by atoms with Crippen LogP contribution in [0.1, 0.15) is 45.1 Å². The third-order valence-electron chi connectivity index (χ3n) is 6.15. The quantitative estimate of drug-likeness (QED) is 0.616. The normalized spacial score (nSPS) is 15.6. The molecule has 0 bridgehead atoms. The SMILES string of the molecule is Cc1cc(C)c(S(=O)(=O)NCc2ccc3c(c2)N(C(=O)c2ccccc2)C(C)C3)cc1C. The number of rotatable bonds is 5. The second-order valence-electron chi connectivity index (χ2n) is 8.58. The largest absolute Gasteiger partial charge is 0.305 e. The molecule has 0 spiro atoms. The highest BCUT2D eigenvalue weighted by Gasteiger charge is 2.31. The molecule has 3 aromatic rings. The fourth-order valence-electron chi connectivity index (χ4n) is 4.27. The lowest BCUT2D eigenvalue weighted by atomic mass is 10.1. The standard InChI is InChI=1S/C26H28N2O3S/c1-17-12-19(3)25(13-18(17)2)32(30,31)27-16-21-10-11-23-14-20(4)28(24(23)15-21)26(29)22-8-6-5-7-9-22/h5-13,15,20,27H,14,16H2,1-4H3. The Balaban J connectivity index is 1.58. The van der Waals surface area contributed by atoms with Crippen molar-refractivity contribution in [3.05, 3.63) is 94.0 Å². The number of nitrogens with zero attached hydrogens (tertiary/aromatic N) is 1. The van der Waals surface area contributed by atoms with E-state index >= 15 is 0 Å². The lowest BCUT2D eigenvalue weighted by Gasteiger charge is -2.23. The Morgan fingerprint density at radius 2 is 1.66 bits per heavy atom. The molecule has 0 saturated carbocycles. The Morgan fingerprint density at radius 1 is 0.969 bits per heavy atom. The maximum absolute atomic E-state index is 13.1. The lowest BCUT2D eigenvalue weighted by Crippen LogP contribution is -2.35. The minimum Gasteiger partial charge on any atom is -0.305 e. The van der Waals surface area contributed by atoms with Crippen LogP contribution in [0.4, 0.5) is 5.69 Å². The first-order valence-electron chi connectivity index (χ1n) is 10.8. The van der Waals surface area contributed by atoms with Crippen LogP contribution < -0.4 is 9.62 Å². The molecule has 166 valence electrons. The molecular weight excluding hydrogens is 420 g/mol. The average molecular weight is 449 g/mol. The molecule has 3 aromatic carbocycles. The fraction of sp³-hybridized carbons (Fsp3) is 0.269. The number of carbonyl (C=O) groups is 1. The van der Waals surface area contributed by atoms with Crippen LogP contribution in [0.5, 0.6) is 0 Å². The highest BCUT2D eigenvalue weighted by molar-refractivity contribution is 7.89. The van der Waals surface area contributed by atoms with Gasteiger partial charge in [-0.2, -0.15) is 0 Å². The predicted octanol–water partition coefficient (Wildman–Crippen LogP) is 4.68. The number of benzene rings is 3. The number of sulfonamides is 1. The summed E-state index contributed by atoms with van der Waals surface area (Å²) >= 11 is 0. The first kappa shape index (κ1) is 22.2. The number of nitrogens with one attached hydrogen (secondary N) is 1. The summed E-state index contributed by atoms with van der Waals surface area (Å²) in [6, 6.07) is 18.7. The van der Waals surface area contributed by atoms with E-state index in [1.165, 1.54) is 0 Å². The molecule has 0 aromatic heterocycles. The Morgan fingerprint density at radius 3 is 2.38 bits per heavy atom. The van der Waals surface area contributed by atoms with Gasteiger partial charge < -0.3 is 4.90 Å². The van der Waals surface area contributed by atoms with E-state index in [9.17, 15) is 13.2 Å². The lowest BCUT2D eigenvalue weighted by molar-refractivity contribution is 0.0981. The van der Waals surface area contributed by atoms with Gasteiger partial charge in [0.2, 0.25) is 10.0 Å². The number of hydrogen-bond donors (Lipinski definition) is 1. The molecule has 1 aliphatic heterocycles. The van der Waals surface area contributed by atoms with Crippen LogP contribution in [0, 0.1) is 20.8 Å². The molecule has 1 atom stereocenters. The Hall–Kier alpha value is -2.96. The van der Waals surface area contributed by atoms with E-state index in [0.29, 0.717) is 10.5 Å². The predicted molar refractivity (Wildman–Crippen MR) is 128 cm³/mol. The summed E-state index contributed by atoms with van der Waals surface area (Å²) in [5.74, 6) is -0.0414. The monoisotopic (exact) mass is 448 g/mol. The van der Waals surface area contributed by atoms with Crippen LogP contribution in [0.25, 0.3) is 0 Å². The summed E-state index contributed by atoms with van der Waals surface area (Å²) in [6.07, 6.45) is 0.780. The van der Waals surface area contributed by atoms with Crippen molar-refractivity contribution in [1.29, 1.82) is 0 Å². The average Bonchev–Trinajstić information content (AvgIpc) is 3.09. The van der Waals surface area contributed by atoms with Crippen LogP contribution in [-0.2, 0) is 23.0 Å². The molecule has 0 saturated heterocycles. The van der Waals surface area contributed by atoms with Crippen molar-refractivity contribution in [3.63, 3.8) is 0 Å². The van der Waals surface area contributed by atoms with E-state index in [2.05, 4.69) is 4.72 Å². The van der Waals surface area contributed by atoms with Gasteiger partial charge in [0.25, 0.3) is 5.91 Å². The van der Waals surface area contributed by atoms with Crippen LogP contribution in [0.3, 0.4) is 0 Å². The molecule has 1 N–H and O–H groups in total. The number of hydrogen-bond acceptors (Lipinski definition) is 3. The Bertz CT molecular complexity index is 1280. The summed E-state index contributed by atoms with van der Waals surface area (Å²) in [5.41, 5.74) is 6.14. The molecule has 4 rings (SSSR count). The van der Waals surface area contributed by atoms with Crippen LogP contribution in [0.15, 0.2) is 65.6 Å². The summed E-state index contributed by atoms with van der Waals surface area (Å²) in [4.78, 5) is 15.3. The van der Waals surface area contributed by atoms with Crippen LogP contribution in [0.2, 0.25) is 0 Å². The highest BCUT2D eigenvalue weighted by Crippen LogP contribution is 2.34. The van der Waals surface area contributed by atoms with Crippen LogP contribution in [-0.4, -0.2) is 20.4 Å². The molecule has 0 radical (unpaired) electrons. The van der Waals surface area contributed by atoms with Gasteiger partial charge in [-0.05, 0) is 86.2 Å². The van der Waals surface area contributed by atoms with Crippen molar-refractivity contribution >= 4 is 21.6 Å². The molecule has 1 aliphatic rings. The van der Waals surface area contributed by atoms with E-state index in [1.807, 2.05) is 87.2 Å². The zero-order valence-electron chi connectivity index (χ0n) is 18.8. The summed E-state index contributed by atoms with van der Waals surface area (Å²) in [5, 5.41) is 0. The van der Waals surface area contributed by atoms with Gasteiger partial charge in [-0.15, -0.1) is 0 Å². The minimum absolute atomic E-state index is 0.0414. The summed E-state index contributed by atoms with van der Waals surface area (Å²) in [7, 11) is -3.66. The van der Waals surface area contributed by atoms with Crippen molar-refractivity contribution in [2.24, 2.45) is 0 Å². The topological polar surface area (TPSA) is 66.5 Å². The van der Waals surface area contributed by atoms with Crippen molar-refractivity contribution in [2.75, 3.05) is 4.90 Å². The zero-order chi connectivity index (χ0) is 23.0. The van der Waals surface area contributed by atoms with E-state index in [0.717, 1.165) is 39.9 Å². The third-order valence-corrected chi connectivity index (χ3v) is 7.70. The van der Waals surface area contributed by atoms with Crippen molar-refractivity contribution in [1.82, 2.24) is 4.72 Å². The molecule has 1 amide bonds. The molecular formula is C26H28N2O3S. The van der Waals surface area contributed by atoms with Gasteiger partial charge >= 0.3 is 0 Å². The van der Waals surface area contributed by atoms with E-state index in [1.54, 1.807) is 6.07 Å². The van der Waals surface area contributed by atoms with E-state index < -0.39 is 10.0 Å². The first-order chi connectivity index (χ1) is 15.2. The minimum atomic E-state index is -3.66. The molecule has 1 unspecified atom stereocenters. The third kappa shape index (κ3) is 4.20. The highest BCUT2D eigenvalue weighted by atomic mass is 32.2. The van der Waals surface area contributed by atoms with Crippen molar-refractivity contribution in [3.8, 4) is 0 Å². The Labute approximate surface area is 190 Å². The van der Waals surface area contributed by atoms with Gasteiger partial charge in [0.1, 0.15) is 0 Å². The van der Waals surface area contributed by atoms with Gasteiger partial charge in [0, 0.05) is 23.8 Å². The van der Waals surface area contributed by atoms with Gasteiger partial charge in [0.15, 0.2) is 0 Å². The fourth-order valence-corrected chi connectivity index (χ4v) is 5.60. The van der Waals surface area contributed by atoms with E-state index in [-0.39, 0.29) is 18.5 Å². The number of anilines is 1. The van der Waals surface area contributed by atoms with Crippen molar-refractivity contribution in [2.45, 2.75) is 51.6 Å². The number of amides is 1. The molecule has 32 heavy (non-hydrogen) atoms. The van der Waals surface area contributed by atoms with Gasteiger partial charge in [-0.1, -0.05) is 36.4 Å². The molecule has 0 aliphatic carbocycles. The smallest absolute Gasteiger partial charge is 0.258 e. The number of carbonyl (C=O) groups excluding carboxylic acids is 1. The molecule has 6 heteroatoms. The second kappa shape index (κ2) is 8.52. The Kier molecular flexibility index (Phi) is 5.93. The maximum Gasteiger partial charge on any atom is 0.258 e. The van der Waals surface area contributed by atoms with Gasteiger partial charge in [-0.25, -0.2) is 13.1 Å². The summed E-state index contributed by atoms with van der Waals surface area (Å²) < 4.78 is 28.6. The number of fused-ring (bicyclic) bond motifs is 1. The molecule has 5 nitrogen and oxygen atoms in total.